The van der Waals surface area contributed by atoms with Gasteiger partial charge in [0.1, 0.15) is 11.9 Å². The molecular weight excluding hydrogens is 304 g/mol. The summed E-state index contributed by atoms with van der Waals surface area (Å²) >= 11 is 0. The van der Waals surface area contributed by atoms with Crippen LogP contribution in [-0.4, -0.2) is 31.3 Å². The average molecular weight is 326 g/mol. The fourth-order valence-corrected chi connectivity index (χ4v) is 2.61. The van der Waals surface area contributed by atoms with Crippen molar-refractivity contribution in [1.82, 2.24) is 0 Å². The van der Waals surface area contributed by atoms with Crippen LogP contribution in [-0.2, 0) is 16.0 Å². The van der Waals surface area contributed by atoms with Crippen LogP contribution in [0.3, 0.4) is 0 Å². The Kier molecular flexibility index (Phi) is 5.46. The van der Waals surface area contributed by atoms with Crippen molar-refractivity contribution < 1.29 is 14.3 Å². The highest BCUT2D eigenvalue weighted by molar-refractivity contribution is 5.94. The summed E-state index contributed by atoms with van der Waals surface area (Å²) in [6.45, 7) is 1.38. The molecule has 0 aromatic heterocycles. The van der Waals surface area contributed by atoms with Crippen LogP contribution in [0.5, 0.6) is 5.75 Å². The minimum Gasteiger partial charge on any atom is -0.488 e. The maximum atomic E-state index is 12.2. The first kappa shape index (κ1) is 16.5. The van der Waals surface area contributed by atoms with E-state index in [1.54, 1.807) is 0 Å². The van der Waals surface area contributed by atoms with Gasteiger partial charge in [-0.15, -0.1) is 0 Å². The molecule has 0 aliphatic carbocycles. The predicted octanol–water partition coefficient (Wildman–Crippen LogP) is 2.36. The van der Waals surface area contributed by atoms with Gasteiger partial charge in [0.15, 0.2) is 0 Å². The molecule has 3 rings (SSSR count). The Morgan fingerprint density at radius 1 is 1.21 bits per heavy atom. The number of ether oxygens (including phenoxy) is 2. The number of carbonyl (C=O) groups excluding carboxylic acids is 1. The summed E-state index contributed by atoms with van der Waals surface area (Å²) in [5, 5.41) is 2.84. The number of hydrogen-bond donors (Lipinski definition) is 2. The monoisotopic (exact) mass is 326 g/mol. The standard InChI is InChI=1S/C19H22N2O3/c20-18(12-14-4-2-1-3-5-14)19(22)21-15-6-8-16(9-7-15)24-17-10-11-23-13-17/h1-9,17-18H,10-13,20H2,(H,21,22)/t17?,18-/m0/s1. The van der Waals surface area contributed by atoms with E-state index < -0.39 is 6.04 Å². The van der Waals surface area contributed by atoms with Crippen molar-refractivity contribution in [1.29, 1.82) is 0 Å². The molecule has 1 amide bonds. The summed E-state index contributed by atoms with van der Waals surface area (Å²) < 4.78 is 11.1. The largest absolute Gasteiger partial charge is 0.488 e. The fraction of sp³-hybridized carbons (Fsp3) is 0.316. The molecular formula is C19H22N2O3. The van der Waals surface area contributed by atoms with Crippen LogP contribution in [0.25, 0.3) is 0 Å². The number of rotatable bonds is 6. The van der Waals surface area contributed by atoms with Crippen LogP contribution in [0.4, 0.5) is 5.69 Å². The molecule has 0 spiro atoms. The predicted molar refractivity (Wildman–Crippen MR) is 93.0 cm³/mol. The first-order chi connectivity index (χ1) is 11.7. The molecule has 1 aliphatic rings. The number of nitrogens with two attached hydrogens (primary N) is 1. The number of amides is 1. The van der Waals surface area contributed by atoms with Crippen molar-refractivity contribution in [3.8, 4) is 5.75 Å². The Morgan fingerprint density at radius 2 is 1.96 bits per heavy atom. The van der Waals surface area contributed by atoms with Gasteiger partial charge in [-0.05, 0) is 36.2 Å². The molecule has 2 aromatic rings. The molecule has 1 heterocycles. The normalized spacial score (nSPS) is 18.1. The maximum absolute atomic E-state index is 12.2. The lowest BCUT2D eigenvalue weighted by atomic mass is 10.1. The van der Waals surface area contributed by atoms with Crippen LogP contribution in [0.2, 0.25) is 0 Å². The van der Waals surface area contributed by atoms with E-state index in [2.05, 4.69) is 5.32 Å². The van der Waals surface area contributed by atoms with Crippen molar-refractivity contribution in [2.45, 2.75) is 25.0 Å². The first-order valence-corrected chi connectivity index (χ1v) is 8.15. The number of hydrogen-bond acceptors (Lipinski definition) is 4. The summed E-state index contributed by atoms with van der Waals surface area (Å²) in [5.74, 6) is 0.578. The maximum Gasteiger partial charge on any atom is 0.241 e. The molecule has 0 bridgehead atoms. The van der Waals surface area contributed by atoms with Crippen LogP contribution in [0.1, 0.15) is 12.0 Å². The molecule has 0 radical (unpaired) electrons. The van der Waals surface area contributed by atoms with E-state index in [0.29, 0.717) is 18.7 Å². The zero-order valence-corrected chi connectivity index (χ0v) is 13.5. The second kappa shape index (κ2) is 7.95. The highest BCUT2D eigenvalue weighted by Crippen LogP contribution is 2.19. The van der Waals surface area contributed by atoms with E-state index in [1.807, 2.05) is 54.6 Å². The summed E-state index contributed by atoms with van der Waals surface area (Å²) in [7, 11) is 0. The van der Waals surface area contributed by atoms with Crippen LogP contribution >= 0.6 is 0 Å². The topological polar surface area (TPSA) is 73.6 Å². The summed E-state index contributed by atoms with van der Waals surface area (Å²) in [6.07, 6.45) is 1.53. The summed E-state index contributed by atoms with van der Waals surface area (Å²) in [4.78, 5) is 12.2. The zero-order chi connectivity index (χ0) is 16.8. The second-order valence-corrected chi connectivity index (χ2v) is 5.91. The number of anilines is 1. The van der Waals surface area contributed by atoms with Gasteiger partial charge in [-0.2, -0.15) is 0 Å². The summed E-state index contributed by atoms with van der Waals surface area (Å²) in [5.41, 5.74) is 7.74. The third-order valence-corrected chi connectivity index (χ3v) is 3.95. The zero-order valence-electron chi connectivity index (χ0n) is 13.5. The van der Waals surface area contributed by atoms with E-state index in [4.69, 9.17) is 15.2 Å². The van der Waals surface area contributed by atoms with Gasteiger partial charge in [-0.3, -0.25) is 4.79 Å². The molecule has 126 valence electrons. The third kappa shape index (κ3) is 4.57. The molecule has 1 unspecified atom stereocenters. The lowest BCUT2D eigenvalue weighted by Gasteiger charge is -2.14. The van der Waals surface area contributed by atoms with E-state index in [-0.39, 0.29) is 12.0 Å². The molecule has 2 aromatic carbocycles. The van der Waals surface area contributed by atoms with Crippen LogP contribution < -0.4 is 15.8 Å². The Balaban J connectivity index is 1.52. The SMILES string of the molecule is N[C@@H](Cc1ccccc1)C(=O)Nc1ccc(OC2CCOC2)cc1. The lowest BCUT2D eigenvalue weighted by molar-refractivity contribution is -0.117. The highest BCUT2D eigenvalue weighted by atomic mass is 16.5. The van der Waals surface area contributed by atoms with E-state index in [0.717, 1.165) is 24.3 Å². The molecule has 1 aliphatic heterocycles. The number of nitrogens with one attached hydrogen (secondary N) is 1. The molecule has 0 saturated carbocycles. The Bertz CT molecular complexity index is 652. The Labute approximate surface area is 141 Å². The van der Waals surface area contributed by atoms with Gasteiger partial charge in [-0.25, -0.2) is 0 Å². The van der Waals surface area contributed by atoms with Gasteiger partial charge >= 0.3 is 0 Å². The van der Waals surface area contributed by atoms with Gasteiger partial charge in [0.2, 0.25) is 5.91 Å². The molecule has 1 saturated heterocycles. The van der Waals surface area contributed by atoms with Gasteiger partial charge in [0.25, 0.3) is 0 Å². The average Bonchev–Trinajstić information content (AvgIpc) is 3.10. The van der Waals surface area contributed by atoms with E-state index in [9.17, 15) is 4.79 Å². The van der Waals surface area contributed by atoms with Crippen LogP contribution in [0.15, 0.2) is 54.6 Å². The molecule has 1 fully saturated rings. The fourth-order valence-electron chi connectivity index (χ4n) is 2.61. The third-order valence-electron chi connectivity index (χ3n) is 3.95. The van der Waals surface area contributed by atoms with Crippen molar-refractivity contribution >= 4 is 11.6 Å². The van der Waals surface area contributed by atoms with Crippen molar-refractivity contribution in [3.63, 3.8) is 0 Å². The smallest absolute Gasteiger partial charge is 0.241 e. The first-order valence-electron chi connectivity index (χ1n) is 8.15. The molecule has 5 heteroatoms. The second-order valence-electron chi connectivity index (χ2n) is 5.91. The van der Waals surface area contributed by atoms with Gasteiger partial charge in [-0.1, -0.05) is 30.3 Å². The molecule has 2 atom stereocenters. The highest BCUT2D eigenvalue weighted by Gasteiger charge is 2.17. The Hall–Kier alpha value is -2.37. The quantitative estimate of drug-likeness (QED) is 0.855. The van der Waals surface area contributed by atoms with Crippen molar-refractivity contribution in [2.24, 2.45) is 5.73 Å². The van der Waals surface area contributed by atoms with E-state index >= 15 is 0 Å². The Morgan fingerprint density at radius 3 is 2.62 bits per heavy atom. The van der Waals surface area contributed by atoms with Crippen molar-refractivity contribution in [3.05, 3.63) is 60.2 Å². The minimum atomic E-state index is -0.584. The number of benzene rings is 2. The molecule has 3 N–H and O–H groups in total. The van der Waals surface area contributed by atoms with E-state index in [1.165, 1.54) is 0 Å². The molecule has 5 nitrogen and oxygen atoms in total. The van der Waals surface area contributed by atoms with Crippen molar-refractivity contribution in [2.75, 3.05) is 18.5 Å². The van der Waals surface area contributed by atoms with Crippen LogP contribution in [0, 0.1) is 0 Å². The lowest BCUT2D eigenvalue weighted by Crippen LogP contribution is -2.37. The van der Waals surface area contributed by atoms with Gasteiger partial charge in [0.05, 0.1) is 19.3 Å². The van der Waals surface area contributed by atoms with Gasteiger partial charge in [0, 0.05) is 12.1 Å². The summed E-state index contributed by atoms with van der Waals surface area (Å²) in [6, 6.07) is 16.5. The minimum absolute atomic E-state index is 0.115. The molecule has 24 heavy (non-hydrogen) atoms. The number of carbonyl (C=O) groups is 1. The van der Waals surface area contributed by atoms with Gasteiger partial charge < -0.3 is 20.5 Å².